The Bertz CT molecular complexity index is 1310. The van der Waals surface area contributed by atoms with Gasteiger partial charge in [0, 0.05) is 11.8 Å². The number of aliphatic hydroxyl groups excluding tert-OH is 2. The number of cyclic esters (lactones) is 1. The zero-order valence-electron chi connectivity index (χ0n) is 22.7. The summed E-state index contributed by atoms with van der Waals surface area (Å²) in [6.45, 7) is 2.03. The molecule has 0 saturated carbocycles. The first kappa shape index (κ1) is 26.7. The molecule has 0 aromatic heterocycles. The van der Waals surface area contributed by atoms with Gasteiger partial charge in [-0.25, -0.2) is 0 Å². The number of aliphatic hydroxyl groups is 2. The third kappa shape index (κ3) is 4.41. The molecule has 41 heavy (non-hydrogen) atoms. The molecule has 219 valence electrons. The van der Waals surface area contributed by atoms with E-state index in [0.717, 1.165) is 16.7 Å². The van der Waals surface area contributed by atoms with E-state index in [1.165, 1.54) is 14.2 Å². The van der Waals surface area contributed by atoms with E-state index in [0.29, 0.717) is 23.0 Å². The molecule has 2 aromatic carbocycles. The summed E-state index contributed by atoms with van der Waals surface area (Å²) in [4.78, 5) is 13.4. The van der Waals surface area contributed by atoms with Crippen molar-refractivity contribution in [2.45, 2.75) is 55.9 Å². The Morgan fingerprint density at radius 3 is 2.32 bits per heavy atom. The van der Waals surface area contributed by atoms with E-state index in [1.54, 1.807) is 6.92 Å². The number of benzene rings is 2. The highest BCUT2D eigenvalue weighted by Crippen LogP contribution is 2.56. The molecular formula is C29H31O12. The second-order valence-electron chi connectivity index (χ2n) is 10.8. The van der Waals surface area contributed by atoms with Gasteiger partial charge >= 0.3 is 5.97 Å². The molecule has 10 atom stereocenters. The van der Waals surface area contributed by atoms with Crippen molar-refractivity contribution in [2.75, 3.05) is 34.2 Å². The lowest BCUT2D eigenvalue weighted by molar-refractivity contribution is -0.364. The van der Waals surface area contributed by atoms with Gasteiger partial charge in [-0.1, -0.05) is 0 Å². The van der Waals surface area contributed by atoms with Crippen molar-refractivity contribution in [1.82, 2.24) is 0 Å². The molecule has 5 aliphatic rings. The van der Waals surface area contributed by atoms with Crippen LogP contribution in [-0.4, -0.2) is 87.4 Å². The molecule has 2 aromatic rings. The summed E-state index contributed by atoms with van der Waals surface area (Å²) in [5, 5.41) is 21.9. The lowest BCUT2D eigenvalue weighted by atomic mass is 9.66. The third-order valence-electron chi connectivity index (χ3n) is 8.53. The summed E-state index contributed by atoms with van der Waals surface area (Å²) in [6, 6.07) is 10.4. The van der Waals surface area contributed by atoms with Crippen LogP contribution in [0.2, 0.25) is 0 Å². The number of carbonyl (C=O) groups excluding carboxylic acids is 1. The van der Waals surface area contributed by atoms with Gasteiger partial charge in [-0.15, -0.1) is 0 Å². The van der Waals surface area contributed by atoms with Crippen LogP contribution in [0.3, 0.4) is 0 Å². The Hall–Kier alpha value is -3.13. The molecule has 12 heteroatoms. The van der Waals surface area contributed by atoms with Crippen molar-refractivity contribution in [3.05, 3.63) is 47.0 Å². The van der Waals surface area contributed by atoms with E-state index < -0.39 is 60.9 Å². The summed E-state index contributed by atoms with van der Waals surface area (Å²) in [6.07, 6.45) is -6.62. The lowest BCUT2D eigenvalue weighted by Gasteiger charge is -2.47. The average molecular weight is 572 g/mol. The smallest absolute Gasteiger partial charge is 0.310 e. The highest BCUT2D eigenvalue weighted by Gasteiger charge is 2.56. The Labute approximate surface area is 235 Å². The number of methoxy groups -OCH3 is 2. The number of hydrogen-bond acceptors (Lipinski definition) is 12. The van der Waals surface area contributed by atoms with E-state index in [2.05, 4.69) is 6.07 Å². The first-order valence-corrected chi connectivity index (χ1v) is 13.6. The van der Waals surface area contributed by atoms with Crippen molar-refractivity contribution < 1.29 is 57.6 Å². The van der Waals surface area contributed by atoms with Crippen LogP contribution in [0.4, 0.5) is 0 Å². The van der Waals surface area contributed by atoms with E-state index in [-0.39, 0.29) is 26.0 Å². The van der Waals surface area contributed by atoms with Crippen LogP contribution in [0.25, 0.3) is 0 Å². The van der Waals surface area contributed by atoms with Crippen LogP contribution in [0.1, 0.15) is 35.6 Å². The summed E-state index contributed by atoms with van der Waals surface area (Å²) < 4.78 is 51.7. The average Bonchev–Trinajstić information content (AvgIpc) is 3.60. The molecule has 1 radical (unpaired) electrons. The van der Waals surface area contributed by atoms with Gasteiger partial charge in [0.05, 0.1) is 45.5 Å². The van der Waals surface area contributed by atoms with E-state index in [1.807, 2.05) is 24.3 Å². The van der Waals surface area contributed by atoms with Gasteiger partial charge < -0.3 is 52.8 Å². The van der Waals surface area contributed by atoms with Gasteiger partial charge in [0.15, 0.2) is 24.1 Å². The van der Waals surface area contributed by atoms with Crippen LogP contribution in [0.15, 0.2) is 24.3 Å². The predicted molar refractivity (Wildman–Crippen MR) is 136 cm³/mol. The maximum Gasteiger partial charge on any atom is 0.310 e. The minimum atomic E-state index is -1.41. The Morgan fingerprint density at radius 2 is 1.61 bits per heavy atom. The van der Waals surface area contributed by atoms with Crippen molar-refractivity contribution in [3.8, 4) is 23.0 Å². The summed E-state index contributed by atoms with van der Waals surface area (Å²) in [5.74, 6) is 0.0342. The van der Waals surface area contributed by atoms with Crippen molar-refractivity contribution >= 4 is 5.97 Å². The van der Waals surface area contributed by atoms with Gasteiger partial charge in [0.2, 0.25) is 6.79 Å². The third-order valence-corrected chi connectivity index (χ3v) is 8.53. The molecule has 3 fully saturated rings. The fourth-order valence-electron chi connectivity index (χ4n) is 6.58. The zero-order chi connectivity index (χ0) is 28.4. The molecule has 12 nitrogen and oxygen atoms in total. The number of hydrogen-bond donors (Lipinski definition) is 2. The highest BCUT2D eigenvalue weighted by atomic mass is 16.8. The molecular weight excluding hydrogens is 540 g/mol. The minimum absolute atomic E-state index is 0.0589. The summed E-state index contributed by atoms with van der Waals surface area (Å²) >= 11 is 0. The number of fused-ring (bicyclic) bond motifs is 4. The predicted octanol–water partition coefficient (Wildman–Crippen LogP) is 1.43. The maximum atomic E-state index is 13.4. The van der Waals surface area contributed by atoms with Gasteiger partial charge in [0.1, 0.15) is 35.9 Å². The van der Waals surface area contributed by atoms with Crippen LogP contribution in [0.5, 0.6) is 23.0 Å². The summed E-state index contributed by atoms with van der Waals surface area (Å²) in [7, 11) is 3.08. The van der Waals surface area contributed by atoms with Crippen LogP contribution < -0.4 is 18.9 Å². The van der Waals surface area contributed by atoms with Crippen molar-refractivity contribution in [3.63, 3.8) is 0 Å². The van der Waals surface area contributed by atoms with Crippen LogP contribution >= 0.6 is 0 Å². The molecule has 0 bridgehead atoms. The van der Waals surface area contributed by atoms with E-state index >= 15 is 0 Å². The Kier molecular flexibility index (Phi) is 6.72. The number of ether oxygens (including phenoxy) is 9. The summed E-state index contributed by atoms with van der Waals surface area (Å²) in [5.41, 5.74) is 2.25. The molecule has 3 saturated heterocycles. The lowest BCUT2D eigenvalue weighted by Crippen LogP contribution is -2.63. The van der Waals surface area contributed by atoms with Crippen molar-refractivity contribution in [1.29, 1.82) is 0 Å². The maximum absolute atomic E-state index is 13.4. The van der Waals surface area contributed by atoms with Gasteiger partial charge in [-0.05, 0) is 47.9 Å². The van der Waals surface area contributed by atoms with Gasteiger partial charge in [-0.3, -0.25) is 4.79 Å². The van der Waals surface area contributed by atoms with E-state index in [9.17, 15) is 15.0 Å². The second-order valence-corrected chi connectivity index (χ2v) is 10.8. The van der Waals surface area contributed by atoms with E-state index in [4.69, 9.17) is 42.6 Å². The van der Waals surface area contributed by atoms with Crippen LogP contribution in [0, 0.1) is 17.9 Å². The number of carbonyl (C=O) groups is 1. The zero-order valence-corrected chi connectivity index (χ0v) is 22.7. The van der Waals surface area contributed by atoms with Crippen LogP contribution in [-0.2, 0) is 28.5 Å². The minimum Gasteiger partial charge on any atom is -0.496 e. The standard InChI is InChI=1S/C29H31O12/c1-12-35-10-21-27(39-12)24(30)25(31)29(40-21)41-26-17-8-20-19(37-11-38-20)7-16(17)22(23-18(26)9-36-28(23)32)13-4-14(33-2)6-15(5-13)34-3/h4-5,7-8,12,18,21-27,29-31H,9-11H2,1-3H3/t12-,18+,21-,22-,23+,24-,25-,26?,27-,29?/m1/s1. The molecule has 2 unspecified atom stereocenters. The highest BCUT2D eigenvalue weighted by molar-refractivity contribution is 5.78. The first-order chi connectivity index (χ1) is 19.9. The normalized spacial score (nSPS) is 37.0. The molecule has 2 N–H and O–H groups in total. The Morgan fingerprint density at radius 1 is 0.902 bits per heavy atom. The fraction of sp³-hybridized carbons (Fsp3) is 0.552. The molecule has 4 heterocycles. The molecule has 1 aliphatic carbocycles. The molecule has 0 amide bonds. The monoisotopic (exact) mass is 571 g/mol. The van der Waals surface area contributed by atoms with Gasteiger partial charge in [0.25, 0.3) is 0 Å². The molecule has 0 spiro atoms. The second kappa shape index (κ2) is 10.3. The topological polar surface area (TPSA) is 141 Å². The van der Waals surface area contributed by atoms with Gasteiger partial charge in [-0.2, -0.15) is 0 Å². The SMILES string of the molecule is COc1[c]c(OC)cc([C@@H]2c3cc4c(cc3C(OC3O[C@@H]5CO[C@@H](C)O[C@H]5[C@H](O)[C@H]3O)[C@H]3COC(=O)[C@H]23)OCO4)c1. The fourth-order valence-corrected chi connectivity index (χ4v) is 6.58. The number of rotatable bonds is 5. The molecule has 7 rings (SSSR count). The largest absolute Gasteiger partial charge is 0.496 e. The quantitative estimate of drug-likeness (QED) is 0.502. The first-order valence-electron chi connectivity index (χ1n) is 13.6. The van der Waals surface area contributed by atoms with Crippen molar-refractivity contribution in [2.24, 2.45) is 11.8 Å². The number of esters is 1. The Balaban J connectivity index is 1.31. The molecule has 4 aliphatic heterocycles.